The average molecular weight is 304 g/mol. The zero-order valence-electron chi connectivity index (χ0n) is 14.1. The van der Waals surface area contributed by atoms with Gasteiger partial charge < -0.3 is 15.4 Å². The minimum absolute atomic E-state index is 0.0403. The number of carbonyl (C=O) groups excluding carboxylic acids is 1. The van der Waals surface area contributed by atoms with Crippen molar-refractivity contribution in [2.24, 2.45) is 5.73 Å². The van der Waals surface area contributed by atoms with Crippen LogP contribution in [0.2, 0.25) is 0 Å². The normalized spacial score (nSPS) is 19.5. The van der Waals surface area contributed by atoms with E-state index >= 15 is 0 Å². The van der Waals surface area contributed by atoms with Crippen LogP contribution in [0.4, 0.5) is 0 Å². The minimum atomic E-state index is -0.476. The third kappa shape index (κ3) is 3.61. The fourth-order valence-electron chi connectivity index (χ4n) is 3.23. The summed E-state index contributed by atoms with van der Waals surface area (Å²) in [6.07, 6.45) is 1.55. The van der Waals surface area contributed by atoms with Crippen LogP contribution in [0.25, 0.3) is 0 Å². The second kappa shape index (κ2) is 7.14. The first-order valence-corrected chi connectivity index (χ1v) is 8.21. The summed E-state index contributed by atoms with van der Waals surface area (Å²) >= 11 is 0. The summed E-state index contributed by atoms with van der Waals surface area (Å²) in [5, 5.41) is 0. The molecule has 1 aliphatic rings. The van der Waals surface area contributed by atoms with E-state index in [-0.39, 0.29) is 11.9 Å². The number of nitrogens with zero attached hydrogens (tertiary/aromatic N) is 1. The summed E-state index contributed by atoms with van der Waals surface area (Å²) in [4.78, 5) is 14.4. The fraction of sp³-hybridized carbons (Fsp3) is 0.611. The smallest absolute Gasteiger partial charge is 0.263 e. The van der Waals surface area contributed by atoms with Gasteiger partial charge in [-0.15, -0.1) is 0 Å². The number of hydrogen-bond donors (Lipinski definition) is 1. The predicted octanol–water partition coefficient (Wildman–Crippen LogP) is 2.84. The van der Waals surface area contributed by atoms with Crippen molar-refractivity contribution in [3.63, 3.8) is 0 Å². The van der Waals surface area contributed by atoms with Crippen molar-refractivity contribution < 1.29 is 9.53 Å². The molecule has 2 rings (SSSR count). The van der Waals surface area contributed by atoms with E-state index in [0.29, 0.717) is 12.5 Å². The van der Waals surface area contributed by atoms with Gasteiger partial charge in [0.1, 0.15) is 5.75 Å². The van der Waals surface area contributed by atoms with Crippen LogP contribution in [-0.4, -0.2) is 36.0 Å². The lowest BCUT2D eigenvalue weighted by Crippen LogP contribution is -2.45. The maximum Gasteiger partial charge on any atom is 0.263 e. The van der Waals surface area contributed by atoms with Gasteiger partial charge in [-0.05, 0) is 55.9 Å². The number of aryl methyl sites for hydroxylation is 1. The zero-order chi connectivity index (χ0) is 16.3. The van der Waals surface area contributed by atoms with E-state index in [2.05, 4.69) is 26.8 Å². The molecule has 0 aromatic heterocycles. The standard InChI is InChI=1S/C18H28N2O2/c1-12(2)17-8-7-16(10-13(17)3)22-14(4)18(21)20-9-5-6-15(20)11-19/h7-8,10,12,14-15H,5-6,9,11,19H2,1-4H3. The topological polar surface area (TPSA) is 55.6 Å². The molecule has 1 amide bonds. The Bertz CT molecular complexity index is 528. The van der Waals surface area contributed by atoms with Gasteiger partial charge in [0.2, 0.25) is 0 Å². The molecule has 2 unspecified atom stereocenters. The van der Waals surface area contributed by atoms with Gasteiger partial charge in [0.05, 0.1) is 0 Å². The molecule has 0 spiro atoms. The molecule has 1 fully saturated rings. The number of ether oxygens (including phenoxy) is 1. The van der Waals surface area contributed by atoms with E-state index in [1.165, 1.54) is 11.1 Å². The van der Waals surface area contributed by atoms with Crippen molar-refractivity contribution >= 4 is 5.91 Å². The third-order valence-electron chi connectivity index (χ3n) is 4.46. The van der Waals surface area contributed by atoms with Crippen molar-refractivity contribution in [2.75, 3.05) is 13.1 Å². The summed E-state index contributed by atoms with van der Waals surface area (Å²) in [7, 11) is 0. The van der Waals surface area contributed by atoms with E-state index in [4.69, 9.17) is 10.5 Å². The Kier molecular flexibility index (Phi) is 5.46. The van der Waals surface area contributed by atoms with Gasteiger partial charge >= 0.3 is 0 Å². The van der Waals surface area contributed by atoms with E-state index in [1.807, 2.05) is 24.0 Å². The van der Waals surface area contributed by atoms with Gasteiger partial charge in [-0.1, -0.05) is 19.9 Å². The Labute approximate surface area is 133 Å². The van der Waals surface area contributed by atoms with Crippen molar-refractivity contribution in [1.82, 2.24) is 4.90 Å². The van der Waals surface area contributed by atoms with Gasteiger partial charge in [-0.2, -0.15) is 0 Å². The first-order valence-electron chi connectivity index (χ1n) is 8.21. The van der Waals surface area contributed by atoms with Gasteiger partial charge in [-0.3, -0.25) is 4.79 Å². The van der Waals surface area contributed by atoms with E-state index in [1.54, 1.807) is 0 Å². The highest BCUT2D eigenvalue weighted by Crippen LogP contribution is 2.25. The monoisotopic (exact) mass is 304 g/mol. The third-order valence-corrected chi connectivity index (χ3v) is 4.46. The first-order chi connectivity index (χ1) is 10.4. The molecule has 122 valence electrons. The summed E-state index contributed by atoms with van der Waals surface area (Å²) in [5.41, 5.74) is 8.26. The highest BCUT2D eigenvalue weighted by molar-refractivity contribution is 5.81. The number of benzene rings is 1. The summed E-state index contributed by atoms with van der Waals surface area (Å²) < 4.78 is 5.86. The Morgan fingerprint density at radius 1 is 1.41 bits per heavy atom. The highest BCUT2D eigenvalue weighted by atomic mass is 16.5. The molecule has 1 aliphatic heterocycles. The first kappa shape index (κ1) is 16.8. The fourth-order valence-corrected chi connectivity index (χ4v) is 3.23. The van der Waals surface area contributed by atoms with Crippen LogP contribution in [0, 0.1) is 6.92 Å². The molecule has 22 heavy (non-hydrogen) atoms. The molecule has 1 aromatic rings. The number of nitrogens with two attached hydrogens (primary N) is 1. The number of amides is 1. The molecule has 4 heteroatoms. The van der Waals surface area contributed by atoms with E-state index < -0.39 is 6.10 Å². The molecule has 1 saturated heterocycles. The van der Waals surface area contributed by atoms with E-state index in [9.17, 15) is 4.79 Å². The SMILES string of the molecule is Cc1cc(OC(C)C(=O)N2CCCC2CN)ccc1C(C)C. The Balaban J connectivity index is 2.04. The second-order valence-electron chi connectivity index (χ2n) is 6.50. The zero-order valence-corrected chi connectivity index (χ0v) is 14.1. The molecule has 1 aromatic carbocycles. The minimum Gasteiger partial charge on any atom is -0.481 e. The van der Waals surface area contributed by atoms with Gasteiger partial charge in [0.15, 0.2) is 6.10 Å². The molecule has 2 N–H and O–H groups in total. The predicted molar refractivity (Wildman–Crippen MR) is 89.1 cm³/mol. The molecule has 0 saturated carbocycles. The highest BCUT2D eigenvalue weighted by Gasteiger charge is 2.31. The molecule has 0 radical (unpaired) electrons. The number of carbonyl (C=O) groups is 1. The maximum absolute atomic E-state index is 12.5. The molecule has 1 heterocycles. The number of likely N-dealkylation sites (tertiary alicyclic amines) is 1. The molecule has 2 atom stereocenters. The average Bonchev–Trinajstić information content (AvgIpc) is 2.94. The van der Waals surface area contributed by atoms with Crippen LogP contribution >= 0.6 is 0 Å². The maximum atomic E-state index is 12.5. The molecular weight excluding hydrogens is 276 g/mol. The summed E-state index contributed by atoms with van der Waals surface area (Å²) in [6.45, 7) is 9.57. The number of hydrogen-bond acceptors (Lipinski definition) is 3. The van der Waals surface area contributed by atoms with Crippen molar-refractivity contribution in [2.45, 2.75) is 58.6 Å². The quantitative estimate of drug-likeness (QED) is 0.910. The number of rotatable bonds is 5. The molecular formula is C18H28N2O2. The van der Waals surface area contributed by atoms with Gasteiger partial charge in [-0.25, -0.2) is 0 Å². The van der Waals surface area contributed by atoms with Gasteiger partial charge in [0, 0.05) is 19.1 Å². The summed E-state index contributed by atoms with van der Waals surface area (Å²) in [6, 6.07) is 6.23. The van der Waals surface area contributed by atoms with Gasteiger partial charge in [0.25, 0.3) is 5.91 Å². The second-order valence-corrected chi connectivity index (χ2v) is 6.50. The van der Waals surface area contributed by atoms with Crippen molar-refractivity contribution in [1.29, 1.82) is 0 Å². The largest absolute Gasteiger partial charge is 0.481 e. The molecule has 0 aliphatic carbocycles. The summed E-state index contributed by atoms with van der Waals surface area (Å²) in [5.74, 6) is 1.29. The van der Waals surface area contributed by atoms with Crippen LogP contribution in [0.5, 0.6) is 5.75 Å². The lowest BCUT2D eigenvalue weighted by Gasteiger charge is -2.27. The molecule has 4 nitrogen and oxygen atoms in total. The van der Waals surface area contributed by atoms with Crippen LogP contribution in [0.1, 0.15) is 50.7 Å². The van der Waals surface area contributed by atoms with Crippen LogP contribution in [0.15, 0.2) is 18.2 Å². The Morgan fingerprint density at radius 3 is 2.73 bits per heavy atom. The van der Waals surface area contributed by atoms with Crippen LogP contribution in [-0.2, 0) is 4.79 Å². The lowest BCUT2D eigenvalue weighted by atomic mass is 9.98. The van der Waals surface area contributed by atoms with Crippen LogP contribution in [0.3, 0.4) is 0 Å². The Hall–Kier alpha value is -1.55. The van der Waals surface area contributed by atoms with Crippen molar-refractivity contribution in [3.8, 4) is 5.75 Å². The Morgan fingerprint density at radius 2 is 2.14 bits per heavy atom. The van der Waals surface area contributed by atoms with E-state index in [0.717, 1.165) is 25.1 Å². The van der Waals surface area contributed by atoms with Crippen molar-refractivity contribution in [3.05, 3.63) is 29.3 Å². The molecule has 0 bridgehead atoms. The van der Waals surface area contributed by atoms with Crippen LogP contribution < -0.4 is 10.5 Å². The lowest BCUT2D eigenvalue weighted by molar-refractivity contribution is -0.138.